The van der Waals surface area contributed by atoms with Crippen molar-refractivity contribution in [2.24, 2.45) is 0 Å². The fourth-order valence-electron chi connectivity index (χ4n) is 2.98. The standard InChI is InChI=1S/C12H14FNO4S2/c1-8-4-9(13)2-3-12(8)20(17,18)14-6-11-5-10(14)7-19(11,15)16/h2-4,10-11H,5-7H2,1H3. The Morgan fingerprint density at radius 1 is 1.35 bits per heavy atom. The molecule has 2 unspecified atom stereocenters. The van der Waals surface area contributed by atoms with Gasteiger partial charge in [-0.25, -0.2) is 21.2 Å². The summed E-state index contributed by atoms with van der Waals surface area (Å²) >= 11 is 0. The average Bonchev–Trinajstić information content (AvgIpc) is 2.83. The number of halogens is 1. The highest BCUT2D eigenvalue weighted by Gasteiger charge is 2.52. The van der Waals surface area contributed by atoms with Gasteiger partial charge in [0.2, 0.25) is 10.0 Å². The number of hydrogen-bond acceptors (Lipinski definition) is 4. The molecule has 2 aliphatic heterocycles. The summed E-state index contributed by atoms with van der Waals surface area (Å²) in [6.07, 6.45) is 0.363. The van der Waals surface area contributed by atoms with E-state index in [-0.39, 0.29) is 17.2 Å². The van der Waals surface area contributed by atoms with Crippen molar-refractivity contribution < 1.29 is 21.2 Å². The largest absolute Gasteiger partial charge is 0.243 e. The molecule has 20 heavy (non-hydrogen) atoms. The van der Waals surface area contributed by atoms with E-state index in [9.17, 15) is 21.2 Å². The van der Waals surface area contributed by atoms with E-state index in [1.54, 1.807) is 0 Å². The van der Waals surface area contributed by atoms with Gasteiger partial charge in [0.1, 0.15) is 5.82 Å². The van der Waals surface area contributed by atoms with E-state index in [2.05, 4.69) is 0 Å². The molecule has 2 aliphatic rings. The highest BCUT2D eigenvalue weighted by atomic mass is 32.2. The molecule has 5 nitrogen and oxygen atoms in total. The molecule has 2 atom stereocenters. The number of aryl methyl sites for hydroxylation is 1. The third-order valence-electron chi connectivity index (χ3n) is 3.98. The Bertz CT molecular complexity index is 773. The predicted octanol–water partition coefficient (Wildman–Crippen LogP) is 0.694. The lowest BCUT2D eigenvalue weighted by molar-refractivity contribution is 0.402. The molecule has 0 saturated carbocycles. The van der Waals surface area contributed by atoms with E-state index in [0.717, 1.165) is 12.1 Å². The summed E-state index contributed by atoms with van der Waals surface area (Å²) in [4.78, 5) is 0.0452. The van der Waals surface area contributed by atoms with Crippen molar-refractivity contribution >= 4 is 19.9 Å². The minimum absolute atomic E-state index is 0.00610. The van der Waals surface area contributed by atoms with Gasteiger partial charge in [-0.2, -0.15) is 4.31 Å². The molecule has 110 valence electrons. The molecule has 2 heterocycles. The van der Waals surface area contributed by atoms with E-state index < -0.39 is 37.0 Å². The molecule has 2 fully saturated rings. The van der Waals surface area contributed by atoms with E-state index in [0.29, 0.717) is 12.0 Å². The van der Waals surface area contributed by atoms with Gasteiger partial charge in [-0.1, -0.05) is 0 Å². The Morgan fingerprint density at radius 2 is 2.05 bits per heavy atom. The molecule has 1 aromatic carbocycles. The van der Waals surface area contributed by atoms with Gasteiger partial charge >= 0.3 is 0 Å². The zero-order valence-electron chi connectivity index (χ0n) is 10.8. The van der Waals surface area contributed by atoms with Crippen LogP contribution in [0.1, 0.15) is 12.0 Å². The zero-order chi connectivity index (χ0) is 14.7. The SMILES string of the molecule is Cc1cc(F)ccc1S(=O)(=O)N1CC2CC1CS2(=O)=O. The van der Waals surface area contributed by atoms with Crippen LogP contribution in [-0.4, -0.2) is 44.7 Å². The van der Waals surface area contributed by atoms with Crippen LogP contribution in [-0.2, 0) is 19.9 Å². The second-order valence-electron chi connectivity index (χ2n) is 5.33. The van der Waals surface area contributed by atoms with Crippen molar-refractivity contribution in [2.75, 3.05) is 12.3 Å². The van der Waals surface area contributed by atoms with Crippen molar-refractivity contribution in [3.8, 4) is 0 Å². The quantitative estimate of drug-likeness (QED) is 0.804. The van der Waals surface area contributed by atoms with Crippen LogP contribution in [0.4, 0.5) is 4.39 Å². The minimum Gasteiger partial charge on any atom is -0.228 e. The lowest BCUT2D eigenvalue weighted by Gasteiger charge is -2.26. The van der Waals surface area contributed by atoms with E-state index in [1.807, 2.05) is 0 Å². The smallest absolute Gasteiger partial charge is 0.228 e. The van der Waals surface area contributed by atoms with Gasteiger partial charge in [0, 0.05) is 12.6 Å². The topological polar surface area (TPSA) is 71.5 Å². The van der Waals surface area contributed by atoms with Crippen molar-refractivity contribution in [2.45, 2.75) is 29.5 Å². The molecule has 2 bridgehead atoms. The molecule has 0 amide bonds. The Balaban J connectivity index is 1.99. The van der Waals surface area contributed by atoms with Crippen LogP contribution in [0.15, 0.2) is 23.1 Å². The molecule has 0 N–H and O–H groups in total. The average molecular weight is 319 g/mol. The second-order valence-corrected chi connectivity index (χ2v) is 9.51. The fraction of sp³-hybridized carbons (Fsp3) is 0.500. The van der Waals surface area contributed by atoms with Crippen LogP contribution in [0, 0.1) is 12.7 Å². The van der Waals surface area contributed by atoms with Gasteiger partial charge in [-0.05, 0) is 37.1 Å². The van der Waals surface area contributed by atoms with Crippen molar-refractivity contribution in [1.29, 1.82) is 0 Å². The van der Waals surface area contributed by atoms with Gasteiger partial charge in [0.25, 0.3) is 0 Å². The molecule has 0 spiro atoms. The van der Waals surface area contributed by atoms with Crippen LogP contribution in [0.5, 0.6) is 0 Å². The van der Waals surface area contributed by atoms with Crippen LogP contribution in [0.3, 0.4) is 0 Å². The Morgan fingerprint density at radius 3 is 2.55 bits per heavy atom. The maximum Gasteiger partial charge on any atom is 0.243 e. The highest BCUT2D eigenvalue weighted by Crippen LogP contribution is 2.37. The van der Waals surface area contributed by atoms with Crippen LogP contribution in [0.2, 0.25) is 0 Å². The van der Waals surface area contributed by atoms with Crippen molar-refractivity contribution in [1.82, 2.24) is 4.31 Å². The fourth-order valence-corrected chi connectivity index (χ4v) is 7.09. The molecular weight excluding hydrogens is 305 g/mol. The van der Waals surface area contributed by atoms with Crippen LogP contribution >= 0.6 is 0 Å². The summed E-state index contributed by atoms with van der Waals surface area (Å²) < 4.78 is 62.8. The number of fused-ring (bicyclic) bond motifs is 2. The Kier molecular flexibility index (Phi) is 2.97. The molecule has 0 aliphatic carbocycles. The molecule has 3 rings (SSSR count). The summed E-state index contributed by atoms with van der Waals surface area (Å²) in [6, 6.07) is 3.02. The number of nitrogens with zero attached hydrogens (tertiary/aromatic N) is 1. The number of benzene rings is 1. The second kappa shape index (κ2) is 4.25. The molecule has 1 aromatic rings. The van der Waals surface area contributed by atoms with Gasteiger partial charge in [-0.3, -0.25) is 0 Å². The van der Waals surface area contributed by atoms with Gasteiger partial charge in [0.05, 0.1) is 15.9 Å². The predicted molar refractivity (Wildman–Crippen MR) is 71.0 cm³/mol. The van der Waals surface area contributed by atoms with Gasteiger partial charge in [-0.15, -0.1) is 0 Å². The highest BCUT2D eigenvalue weighted by molar-refractivity contribution is 7.93. The first-order valence-electron chi connectivity index (χ1n) is 6.21. The number of sulfone groups is 1. The molecule has 0 aromatic heterocycles. The van der Waals surface area contributed by atoms with Crippen molar-refractivity contribution in [3.63, 3.8) is 0 Å². The molecular formula is C12H14FNO4S2. The molecule has 2 saturated heterocycles. The molecule has 0 radical (unpaired) electrons. The molecule has 8 heteroatoms. The Hall–Kier alpha value is -0.990. The monoisotopic (exact) mass is 319 g/mol. The first-order chi connectivity index (χ1) is 9.22. The summed E-state index contributed by atoms with van der Waals surface area (Å²) in [5.41, 5.74) is 0.329. The minimum atomic E-state index is -3.76. The summed E-state index contributed by atoms with van der Waals surface area (Å²) in [5.74, 6) is -0.607. The lowest BCUT2D eigenvalue weighted by atomic mass is 10.2. The zero-order valence-corrected chi connectivity index (χ0v) is 12.4. The third kappa shape index (κ3) is 1.97. The maximum absolute atomic E-state index is 13.1. The van der Waals surface area contributed by atoms with E-state index >= 15 is 0 Å². The number of rotatable bonds is 2. The normalized spacial score (nSPS) is 28.9. The van der Waals surface area contributed by atoms with Crippen LogP contribution in [0.25, 0.3) is 0 Å². The third-order valence-corrected chi connectivity index (χ3v) is 8.27. The first-order valence-corrected chi connectivity index (χ1v) is 9.37. The van der Waals surface area contributed by atoms with E-state index in [1.165, 1.54) is 17.3 Å². The summed E-state index contributed by atoms with van der Waals surface area (Å²) in [6.45, 7) is 1.53. The summed E-state index contributed by atoms with van der Waals surface area (Å²) in [5, 5.41) is -0.594. The Labute approximate surface area is 117 Å². The van der Waals surface area contributed by atoms with E-state index in [4.69, 9.17) is 0 Å². The maximum atomic E-state index is 13.1. The van der Waals surface area contributed by atoms with Crippen molar-refractivity contribution in [3.05, 3.63) is 29.6 Å². The summed E-state index contributed by atoms with van der Waals surface area (Å²) in [7, 11) is -6.91. The lowest BCUT2D eigenvalue weighted by Crippen LogP contribution is -2.44. The first kappa shape index (κ1) is 14.0. The van der Waals surface area contributed by atoms with Crippen LogP contribution < -0.4 is 0 Å². The number of hydrogen-bond donors (Lipinski definition) is 0. The van der Waals surface area contributed by atoms with Gasteiger partial charge in [0.15, 0.2) is 9.84 Å². The number of sulfonamides is 1. The van der Waals surface area contributed by atoms with Gasteiger partial charge < -0.3 is 0 Å².